The molecule has 162 valence electrons. The second-order valence-corrected chi connectivity index (χ2v) is 9.22. The van der Waals surface area contributed by atoms with Crippen LogP contribution in [-0.4, -0.2) is 53.2 Å². The molecule has 2 aliphatic rings. The predicted molar refractivity (Wildman–Crippen MR) is 120 cm³/mol. The Morgan fingerprint density at radius 1 is 1.16 bits per heavy atom. The third-order valence-corrected chi connectivity index (χ3v) is 7.01. The fraction of sp³-hybridized carbons (Fsp3) is 0.348. The Morgan fingerprint density at radius 3 is 2.65 bits per heavy atom. The lowest BCUT2D eigenvalue weighted by atomic mass is 10.1. The van der Waals surface area contributed by atoms with E-state index < -0.39 is 11.6 Å². The summed E-state index contributed by atoms with van der Waals surface area (Å²) in [4.78, 5) is 39.6. The fourth-order valence-corrected chi connectivity index (χ4v) is 5.02. The summed E-state index contributed by atoms with van der Waals surface area (Å²) in [5.74, 6) is -0.125. The number of carbonyl (C=O) groups excluding carboxylic acids is 3. The number of nitrogens with zero attached hydrogens (tertiary/aromatic N) is 1. The van der Waals surface area contributed by atoms with Crippen LogP contribution in [0.1, 0.15) is 29.3 Å². The molecular formula is C23H26N4O3S. The molecule has 2 heterocycles. The Hall–Kier alpha value is -2.84. The molecule has 0 aromatic heterocycles. The van der Waals surface area contributed by atoms with Gasteiger partial charge < -0.3 is 10.6 Å². The van der Waals surface area contributed by atoms with Gasteiger partial charge in [-0.05, 0) is 31.0 Å². The highest BCUT2D eigenvalue weighted by Crippen LogP contribution is 2.28. The Labute approximate surface area is 186 Å². The van der Waals surface area contributed by atoms with Gasteiger partial charge in [-0.15, -0.1) is 11.8 Å². The molecule has 7 nitrogen and oxygen atoms in total. The number of imide groups is 1. The second-order valence-electron chi connectivity index (χ2n) is 8.20. The summed E-state index contributed by atoms with van der Waals surface area (Å²) in [6, 6.07) is 17.3. The monoisotopic (exact) mass is 438 g/mol. The third kappa shape index (κ3) is 5.08. The number of benzene rings is 2. The Morgan fingerprint density at radius 2 is 1.90 bits per heavy atom. The smallest absolute Gasteiger partial charge is 0.322 e. The van der Waals surface area contributed by atoms with Crippen molar-refractivity contribution in [1.82, 2.24) is 20.9 Å². The quantitative estimate of drug-likeness (QED) is 0.456. The number of amides is 4. The van der Waals surface area contributed by atoms with E-state index in [1.165, 1.54) is 17.3 Å². The van der Waals surface area contributed by atoms with Crippen molar-refractivity contribution in [3.63, 3.8) is 0 Å². The lowest BCUT2D eigenvalue weighted by Crippen LogP contribution is -2.46. The fourth-order valence-electron chi connectivity index (χ4n) is 3.88. The Balaban J connectivity index is 1.35. The first-order chi connectivity index (χ1) is 14.9. The zero-order valence-electron chi connectivity index (χ0n) is 17.4. The highest BCUT2D eigenvalue weighted by atomic mass is 32.2. The number of carbonyl (C=O) groups is 3. The van der Waals surface area contributed by atoms with Crippen molar-refractivity contribution in [2.75, 3.05) is 18.8 Å². The summed E-state index contributed by atoms with van der Waals surface area (Å²) in [6.45, 7) is 4.33. The summed E-state index contributed by atoms with van der Waals surface area (Å²) in [5, 5.41) is 8.08. The van der Waals surface area contributed by atoms with Gasteiger partial charge in [-0.1, -0.05) is 42.5 Å². The predicted octanol–water partition coefficient (Wildman–Crippen LogP) is 2.38. The largest absolute Gasteiger partial charge is 0.348 e. The molecule has 2 saturated heterocycles. The van der Waals surface area contributed by atoms with Gasteiger partial charge in [-0.3, -0.25) is 19.8 Å². The van der Waals surface area contributed by atoms with E-state index in [2.05, 4.69) is 33.0 Å². The van der Waals surface area contributed by atoms with Gasteiger partial charge in [-0.2, -0.15) is 0 Å². The molecule has 0 unspecified atom stereocenters. The van der Waals surface area contributed by atoms with Gasteiger partial charge in [0.15, 0.2) is 0 Å². The van der Waals surface area contributed by atoms with Crippen molar-refractivity contribution in [2.24, 2.45) is 0 Å². The number of rotatable bonds is 7. The Kier molecular flexibility index (Phi) is 6.29. The summed E-state index contributed by atoms with van der Waals surface area (Å²) in [5.41, 5.74) is 0.865. The van der Waals surface area contributed by atoms with E-state index in [1.807, 2.05) is 36.4 Å². The van der Waals surface area contributed by atoms with Gasteiger partial charge in [0.1, 0.15) is 5.54 Å². The zero-order chi connectivity index (χ0) is 21.8. The lowest BCUT2D eigenvalue weighted by Gasteiger charge is -2.21. The molecule has 2 aromatic rings. The molecule has 4 rings (SSSR count). The van der Waals surface area contributed by atoms with Crippen LogP contribution in [0.3, 0.4) is 0 Å². The van der Waals surface area contributed by atoms with Gasteiger partial charge in [-0.25, -0.2) is 4.79 Å². The van der Waals surface area contributed by atoms with E-state index in [1.54, 1.807) is 13.0 Å². The van der Waals surface area contributed by atoms with Crippen LogP contribution in [-0.2, 0) is 11.3 Å². The van der Waals surface area contributed by atoms with E-state index in [9.17, 15) is 14.4 Å². The highest BCUT2D eigenvalue weighted by Gasteiger charge is 2.42. The van der Waals surface area contributed by atoms with Gasteiger partial charge >= 0.3 is 6.03 Å². The number of urea groups is 1. The van der Waals surface area contributed by atoms with E-state index in [0.29, 0.717) is 11.3 Å². The van der Waals surface area contributed by atoms with E-state index in [-0.39, 0.29) is 17.9 Å². The molecule has 4 amide bonds. The van der Waals surface area contributed by atoms with Crippen molar-refractivity contribution >= 4 is 29.6 Å². The van der Waals surface area contributed by atoms with E-state index in [0.717, 1.165) is 31.0 Å². The first-order valence-corrected chi connectivity index (χ1v) is 11.3. The van der Waals surface area contributed by atoms with Crippen LogP contribution < -0.4 is 16.0 Å². The summed E-state index contributed by atoms with van der Waals surface area (Å²) in [7, 11) is 0. The molecule has 2 atom stereocenters. The van der Waals surface area contributed by atoms with Crippen molar-refractivity contribution in [1.29, 1.82) is 0 Å². The van der Waals surface area contributed by atoms with E-state index >= 15 is 0 Å². The number of likely N-dealkylation sites (tertiary alicyclic amines) is 1. The standard InChI is InChI=1S/C23H26N4O3S/c1-23(21(29)25-22(30)26-23)15-31-19-10-6-5-9-18(19)20(28)24-17-11-12-27(14-17)13-16-7-3-2-4-8-16/h2-10,17H,11-15H2,1H3,(H,24,28)(H2,25,26,29,30)/t17-,23+/m0/s1. The molecule has 2 aliphatic heterocycles. The molecule has 0 bridgehead atoms. The lowest BCUT2D eigenvalue weighted by molar-refractivity contribution is -0.122. The normalized spacial score (nSPS) is 23.5. The van der Waals surface area contributed by atoms with Crippen LogP contribution in [0.4, 0.5) is 4.79 Å². The number of nitrogens with one attached hydrogen (secondary N) is 3. The van der Waals surface area contributed by atoms with Gasteiger partial charge in [0.05, 0.1) is 5.56 Å². The van der Waals surface area contributed by atoms with Gasteiger partial charge in [0.25, 0.3) is 11.8 Å². The van der Waals surface area contributed by atoms with Crippen molar-refractivity contribution in [2.45, 2.75) is 36.4 Å². The molecule has 2 fully saturated rings. The average molecular weight is 439 g/mol. The molecule has 0 saturated carbocycles. The SMILES string of the molecule is C[C@]1(CSc2ccccc2C(=O)N[C@H]2CCN(Cc3ccccc3)C2)NC(=O)NC1=O. The summed E-state index contributed by atoms with van der Waals surface area (Å²) >= 11 is 1.39. The van der Waals surface area contributed by atoms with Crippen LogP contribution in [0.5, 0.6) is 0 Å². The summed E-state index contributed by atoms with van der Waals surface area (Å²) in [6.07, 6.45) is 0.915. The van der Waals surface area contributed by atoms with Crippen molar-refractivity contribution in [3.8, 4) is 0 Å². The minimum atomic E-state index is -0.991. The molecular weight excluding hydrogens is 412 g/mol. The first-order valence-electron chi connectivity index (χ1n) is 10.4. The average Bonchev–Trinajstić information content (AvgIpc) is 3.30. The second kappa shape index (κ2) is 9.11. The molecule has 3 N–H and O–H groups in total. The van der Waals surface area contributed by atoms with Crippen molar-refractivity contribution in [3.05, 3.63) is 65.7 Å². The topological polar surface area (TPSA) is 90.5 Å². The minimum absolute atomic E-state index is 0.103. The molecule has 0 spiro atoms. The number of thioether (sulfide) groups is 1. The van der Waals surface area contributed by atoms with Gasteiger partial charge in [0, 0.05) is 36.3 Å². The van der Waals surface area contributed by atoms with Crippen LogP contribution in [0, 0.1) is 0 Å². The minimum Gasteiger partial charge on any atom is -0.348 e. The van der Waals surface area contributed by atoms with Crippen LogP contribution >= 0.6 is 11.8 Å². The van der Waals surface area contributed by atoms with Crippen molar-refractivity contribution < 1.29 is 14.4 Å². The Bertz CT molecular complexity index is 984. The third-order valence-electron chi connectivity index (χ3n) is 5.62. The van der Waals surface area contributed by atoms with Crippen LogP contribution in [0.25, 0.3) is 0 Å². The molecule has 31 heavy (non-hydrogen) atoms. The molecule has 0 radical (unpaired) electrons. The molecule has 0 aliphatic carbocycles. The molecule has 8 heteroatoms. The van der Waals surface area contributed by atoms with Crippen LogP contribution in [0.15, 0.2) is 59.5 Å². The highest BCUT2D eigenvalue weighted by molar-refractivity contribution is 7.99. The van der Waals surface area contributed by atoms with E-state index in [4.69, 9.17) is 0 Å². The number of hydrogen-bond acceptors (Lipinski definition) is 5. The number of hydrogen-bond donors (Lipinski definition) is 3. The van der Waals surface area contributed by atoms with Gasteiger partial charge in [0.2, 0.25) is 0 Å². The summed E-state index contributed by atoms with van der Waals surface area (Å²) < 4.78 is 0. The maximum Gasteiger partial charge on any atom is 0.322 e. The maximum atomic E-state index is 13.0. The maximum absolute atomic E-state index is 13.0. The molecule has 2 aromatic carbocycles. The zero-order valence-corrected chi connectivity index (χ0v) is 18.2. The van der Waals surface area contributed by atoms with Crippen LogP contribution in [0.2, 0.25) is 0 Å². The first kappa shape index (κ1) is 21.4.